The van der Waals surface area contributed by atoms with Crippen molar-refractivity contribution >= 4 is 5.97 Å². The predicted octanol–water partition coefficient (Wildman–Crippen LogP) is 2.49. The van der Waals surface area contributed by atoms with Crippen LogP contribution < -0.4 is 4.74 Å². The highest BCUT2D eigenvalue weighted by atomic mass is 16.5. The Hall–Kier alpha value is -2.30. The van der Waals surface area contributed by atoms with Gasteiger partial charge in [-0.15, -0.1) is 0 Å². The van der Waals surface area contributed by atoms with Crippen LogP contribution in [0.25, 0.3) is 11.3 Å². The van der Waals surface area contributed by atoms with Crippen molar-refractivity contribution in [2.45, 2.75) is 19.8 Å². The largest absolute Gasteiger partial charge is 0.494 e. The van der Waals surface area contributed by atoms with E-state index in [0.717, 1.165) is 23.4 Å². The van der Waals surface area contributed by atoms with Gasteiger partial charge in [-0.3, -0.25) is 9.89 Å². The molecule has 0 aliphatic rings. The quantitative estimate of drug-likeness (QED) is 0.836. The number of aromatic amines is 1. The molecule has 0 unspecified atom stereocenters. The third-order valence-electron chi connectivity index (χ3n) is 2.60. The number of carboxylic acids is 1. The zero-order valence-corrected chi connectivity index (χ0v) is 10.7. The Morgan fingerprint density at radius 2 is 2.11 bits per heavy atom. The molecule has 0 fully saturated rings. The second kappa shape index (κ2) is 6.04. The van der Waals surface area contributed by atoms with E-state index in [9.17, 15) is 4.79 Å². The molecule has 1 aromatic carbocycles. The minimum atomic E-state index is -0.876. The van der Waals surface area contributed by atoms with Crippen molar-refractivity contribution in [1.29, 1.82) is 0 Å². The molecule has 2 N–H and O–H groups in total. The number of hydrogen-bond acceptors (Lipinski definition) is 3. The highest BCUT2D eigenvalue weighted by molar-refractivity contribution is 5.70. The monoisotopic (exact) mass is 260 g/mol. The molecule has 0 spiro atoms. The van der Waals surface area contributed by atoms with Crippen LogP contribution in [0.5, 0.6) is 5.75 Å². The van der Waals surface area contributed by atoms with E-state index in [1.54, 1.807) is 6.07 Å². The highest BCUT2D eigenvalue weighted by Gasteiger charge is 2.07. The summed E-state index contributed by atoms with van der Waals surface area (Å²) in [6.07, 6.45) is 0.921. The number of nitrogens with zero attached hydrogens (tertiary/aromatic N) is 1. The summed E-state index contributed by atoms with van der Waals surface area (Å²) in [7, 11) is 0. The first kappa shape index (κ1) is 13.1. The minimum Gasteiger partial charge on any atom is -0.494 e. The number of hydrogen-bond donors (Lipinski definition) is 2. The van der Waals surface area contributed by atoms with Gasteiger partial charge in [-0.05, 0) is 36.8 Å². The number of H-pyrrole nitrogens is 1. The lowest BCUT2D eigenvalue weighted by molar-refractivity contribution is -0.136. The van der Waals surface area contributed by atoms with E-state index in [2.05, 4.69) is 17.1 Å². The summed E-state index contributed by atoms with van der Waals surface area (Å²) in [5.74, 6) is -0.0505. The lowest BCUT2D eigenvalue weighted by atomic mass is 10.1. The summed E-state index contributed by atoms with van der Waals surface area (Å²) in [4.78, 5) is 10.6. The normalized spacial score (nSPS) is 10.4. The predicted molar refractivity (Wildman–Crippen MR) is 71.1 cm³/mol. The topological polar surface area (TPSA) is 75.2 Å². The zero-order valence-electron chi connectivity index (χ0n) is 10.7. The van der Waals surface area contributed by atoms with E-state index in [1.165, 1.54) is 0 Å². The molecule has 0 saturated heterocycles. The minimum absolute atomic E-state index is 0.0509. The summed E-state index contributed by atoms with van der Waals surface area (Å²) in [6.45, 7) is 2.76. The summed E-state index contributed by atoms with van der Waals surface area (Å²) in [6, 6.07) is 9.33. The average Bonchev–Trinajstić information content (AvgIpc) is 2.84. The number of rotatable bonds is 6. The summed E-state index contributed by atoms with van der Waals surface area (Å²) in [5, 5.41) is 15.5. The molecular formula is C14H16N2O3. The van der Waals surface area contributed by atoms with Gasteiger partial charge in [-0.2, -0.15) is 5.10 Å². The van der Waals surface area contributed by atoms with Crippen LogP contribution in [-0.2, 0) is 11.2 Å². The van der Waals surface area contributed by atoms with Gasteiger partial charge in [0.15, 0.2) is 0 Å². The third-order valence-corrected chi connectivity index (χ3v) is 2.60. The van der Waals surface area contributed by atoms with E-state index >= 15 is 0 Å². The lowest BCUT2D eigenvalue weighted by Gasteiger charge is -2.04. The Kier molecular flexibility index (Phi) is 4.18. The molecule has 2 aromatic rings. The van der Waals surface area contributed by atoms with E-state index in [1.807, 2.05) is 24.3 Å². The third kappa shape index (κ3) is 3.58. The summed E-state index contributed by atoms with van der Waals surface area (Å²) >= 11 is 0. The fraction of sp³-hybridized carbons (Fsp3) is 0.286. The Bertz CT molecular complexity index is 546. The van der Waals surface area contributed by atoms with Crippen LogP contribution in [0.1, 0.15) is 19.0 Å². The molecular weight excluding hydrogens is 244 g/mol. The summed E-state index contributed by atoms with van der Waals surface area (Å²) < 4.78 is 5.50. The number of aliphatic carboxylic acids is 1. The van der Waals surface area contributed by atoms with Gasteiger partial charge < -0.3 is 9.84 Å². The van der Waals surface area contributed by atoms with Gasteiger partial charge in [0.2, 0.25) is 0 Å². The van der Waals surface area contributed by atoms with Crippen LogP contribution in [0.15, 0.2) is 30.3 Å². The first-order valence-electron chi connectivity index (χ1n) is 6.18. The molecule has 0 bridgehead atoms. The van der Waals surface area contributed by atoms with E-state index < -0.39 is 5.97 Å². The van der Waals surface area contributed by atoms with Crippen molar-refractivity contribution < 1.29 is 14.6 Å². The molecule has 1 heterocycles. The smallest absolute Gasteiger partial charge is 0.309 e. The molecule has 0 aliphatic carbocycles. The lowest BCUT2D eigenvalue weighted by Crippen LogP contribution is -1.99. The number of nitrogens with one attached hydrogen (secondary N) is 1. The van der Waals surface area contributed by atoms with Crippen LogP contribution in [-0.4, -0.2) is 27.9 Å². The molecule has 5 nitrogen and oxygen atoms in total. The standard InChI is InChI=1S/C14H16N2O3/c1-2-7-19-12-5-3-10(4-6-12)13-8-11(15-16-13)9-14(17)18/h3-6,8H,2,7,9H2,1H3,(H,15,16)(H,17,18). The van der Waals surface area contributed by atoms with E-state index in [-0.39, 0.29) is 6.42 Å². The Morgan fingerprint density at radius 1 is 1.37 bits per heavy atom. The van der Waals surface area contributed by atoms with Crippen molar-refractivity contribution in [3.05, 3.63) is 36.0 Å². The molecule has 0 atom stereocenters. The molecule has 2 rings (SSSR count). The Morgan fingerprint density at radius 3 is 2.74 bits per heavy atom. The van der Waals surface area contributed by atoms with E-state index in [4.69, 9.17) is 9.84 Å². The number of benzene rings is 1. The second-order valence-electron chi connectivity index (χ2n) is 4.22. The SMILES string of the molecule is CCCOc1ccc(-c2cc(CC(=O)O)[nH]n2)cc1. The van der Waals surface area contributed by atoms with Crippen molar-refractivity contribution in [2.75, 3.05) is 6.61 Å². The Labute approximate surface area is 111 Å². The molecule has 19 heavy (non-hydrogen) atoms. The maximum Gasteiger partial charge on any atom is 0.309 e. The average molecular weight is 260 g/mol. The van der Waals surface area contributed by atoms with Crippen molar-refractivity contribution in [3.63, 3.8) is 0 Å². The van der Waals surface area contributed by atoms with Gasteiger partial charge >= 0.3 is 5.97 Å². The van der Waals surface area contributed by atoms with Gasteiger partial charge in [0.25, 0.3) is 0 Å². The molecule has 0 saturated carbocycles. The van der Waals surface area contributed by atoms with Crippen LogP contribution in [0.2, 0.25) is 0 Å². The van der Waals surface area contributed by atoms with Gasteiger partial charge in [-0.1, -0.05) is 6.92 Å². The summed E-state index contributed by atoms with van der Waals surface area (Å²) in [5.41, 5.74) is 2.25. The van der Waals surface area contributed by atoms with Crippen LogP contribution >= 0.6 is 0 Å². The molecule has 0 amide bonds. The first-order chi connectivity index (χ1) is 9.19. The molecule has 1 aromatic heterocycles. The number of carboxylic acid groups (broad SMARTS) is 1. The van der Waals surface area contributed by atoms with Gasteiger partial charge in [0.05, 0.1) is 18.7 Å². The maximum absolute atomic E-state index is 10.6. The molecule has 0 aliphatic heterocycles. The zero-order chi connectivity index (χ0) is 13.7. The van der Waals surface area contributed by atoms with Gasteiger partial charge in [0.1, 0.15) is 5.75 Å². The van der Waals surface area contributed by atoms with Crippen molar-refractivity contribution in [3.8, 4) is 17.0 Å². The van der Waals surface area contributed by atoms with Crippen molar-refractivity contribution in [2.24, 2.45) is 0 Å². The number of ether oxygens (including phenoxy) is 1. The fourth-order valence-corrected chi connectivity index (χ4v) is 1.70. The van der Waals surface area contributed by atoms with Gasteiger partial charge in [-0.25, -0.2) is 0 Å². The number of aromatic nitrogens is 2. The molecule has 100 valence electrons. The van der Waals surface area contributed by atoms with E-state index in [0.29, 0.717) is 12.3 Å². The second-order valence-corrected chi connectivity index (χ2v) is 4.22. The maximum atomic E-state index is 10.6. The Balaban J connectivity index is 2.09. The molecule has 0 radical (unpaired) electrons. The van der Waals surface area contributed by atoms with Crippen LogP contribution in [0.4, 0.5) is 0 Å². The molecule has 5 heteroatoms. The first-order valence-corrected chi connectivity index (χ1v) is 6.18. The van der Waals surface area contributed by atoms with Crippen molar-refractivity contribution in [1.82, 2.24) is 10.2 Å². The van der Waals surface area contributed by atoms with Crippen LogP contribution in [0, 0.1) is 0 Å². The van der Waals surface area contributed by atoms with Gasteiger partial charge in [0, 0.05) is 11.3 Å². The fourth-order valence-electron chi connectivity index (χ4n) is 1.70. The van der Waals surface area contributed by atoms with Crippen LogP contribution in [0.3, 0.4) is 0 Å². The highest BCUT2D eigenvalue weighted by Crippen LogP contribution is 2.21. The number of carbonyl (C=O) groups is 1.